The maximum absolute atomic E-state index is 12.1. The molecular weight excluding hydrogens is 346 g/mol. The summed E-state index contributed by atoms with van der Waals surface area (Å²) < 4.78 is 0. The zero-order valence-corrected chi connectivity index (χ0v) is 19.3. The predicted molar refractivity (Wildman–Crippen MR) is 122 cm³/mol. The summed E-state index contributed by atoms with van der Waals surface area (Å²) in [6.45, 7) is 15.9. The third kappa shape index (κ3) is 4.67. The van der Waals surface area contributed by atoms with E-state index in [9.17, 15) is 9.59 Å². The van der Waals surface area contributed by atoms with Gasteiger partial charge >= 0.3 is 0 Å². The Morgan fingerprint density at radius 2 is 1.71 bits per heavy atom. The molecule has 160 valence electrons. The number of carbonyl (C=O) groups excluding carboxylic acids is 2. The van der Waals surface area contributed by atoms with Crippen LogP contribution in [0.2, 0.25) is 0 Å². The maximum Gasteiger partial charge on any atom is 0.132 e. The molecule has 0 saturated heterocycles. The quantitative estimate of drug-likeness (QED) is 0.618. The summed E-state index contributed by atoms with van der Waals surface area (Å²) in [5.74, 6) is 1.32. The van der Waals surface area contributed by atoms with Crippen molar-refractivity contribution in [1.82, 2.24) is 0 Å². The summed E-state index contributed by atoms with van der Waals surface area (Å²) in [5, 5.41) is 3.93. The van der Waals surface area contributed by atoms with E-state index in [-0.39, 0.29) is 24.1 Å². The van der Waals surface area contributed by atoms with Crippen LogP contribution in [0.4, 0.5) is 5.69 Å². The molecule has 4 atom stereocenters. The average molecular weight is 390 g/mol. The number of hydrogen-bond acceptors (Lipinski definition) is 3. The standard InChI is InChI=1S/C20H29NO.C3H6O.C2H6.H2/c1-5-12-20-14(2)10-11-16(15(3)22)13-19(20,4)17-8-6-7-9-18(17)21-20;1-3(2)4;1-2;/h6-9,14,16,21H,5,10-13H2,1-4H3;1-2H3;1-2H3;1H/t14?,16-,19-,20-;;;/m0.../s1. The molecule has 3 nitrogen and oxygen atoms in total. The van der Waals surface area contributed by atoms with Gasteiger partial charge in [-0.25, -0.2) is 0 Å². The van der Waals surface area contributed by atoms with E-state index in [1.54, 1.807) is 6.92 Å². The van der Waals surface area contributed by atoms with E-state index in [1.165, 1.54) is 37.9 Å². The lowest BCUT2D eigenvalue weighted by molar-refractivity contribution is -0.121. The largest absolute Gasteiger partial charge is 0.378 e. The molecule has 0 radical (unpaired) electrons. The highest BCUT2D eigenvalue weighted by molar-refractivity contribution is 5.79. The highest BCUT2D eigenvalue weighted by atomic mass is 16.1. The first-order chi connectivity index (χ1) is 13.2. The second-order valence-electron chi connectivity index (χ2n) is 8.62. The Balaban J connectivity index is 0.00000100. The third-order valence-corrected chi connectivity index (χ3v) is 6.53. The van der Waals surface area contributed by atoms with Crippen LogP contribution >= 0.6 is 0 Å². The number of anilines is 1. The van der Waals surface area contributed by atoms with Crippen LogP contribution in [0.1, 0.15) is 94.5 Å². The summed E-state index contributed by atoms with van der Waals surface area (Å²) >= 11 is 0. The Hall–Kier alpha value is -1.64. The van der Waals surface area contributed by atoms with E-state index < -0.39 is 0 Å². The van der Waals surface area contributed by atoms with Crippen molar-refractivity contribution in [1.29, 1.82) is 0 Å². The first-order valence-corrected chi connectivity index (χ1v) is 11.0. The Morgan fingerprint density at radius 3 is 2.25 bits per heavy atom. The smallest absolute Gasteiger partial charge is 0.132 e. The number of Topliss-reactive ketones (excluding diaryl/α,β-unsaturated/α-hetero) is 2. The zero-order chi connectivity index (χ0) is 21.5. The minimum Gasteiger partial charge on any atom is -0.378 e. The molecule has 2 aliphatic rings. The van der Waals surface area contributed by atoms with E-state index in [1.807, 2.05) is 13.8 Å². The number of fused-ring (bicyclic) bond motifs is 3. The van der Waals surface area contributed by atoms with Crippen molar-refractivity contribution in [2.45, 2.75) is 98.4 Å². The number of nitrogens with one attached hydrogen (secondary N) is 1. The lowest BCUT2D eigenvalue weighted by Crippen LogP contribution is -2.55. The van der Waals surface area contributed by atoms with Crippen LogP contribution in [0.25, 0.3) is 0 Å². The molecule has 1 heterocycles. The van der Waals surface area contributed by atoms with Gasteiger partial charge in [0, 0.05) is 24.0 Å². The van der Waals surface area contributed by atoms with Gasteiger partial charge in [0.15, 0.2) is 0 Å². The molecule has 1 saturated carbocycles. The van der Waals surface area contributed by atoms with Gasteiger partial charge < -0.3 is 10.1 Å². The number of benzene rings is 1. The molecule has 0 amide bonds. The van der Waals surface area contributed by atoms with Crippen LogP contribution in [0, 0.1) is 11.8 Å². The summed E-state index contributed by atoms with van der Waals surface area (Å²) in [5.41, 5.74) is 2.85. The van der Waals surface area contributed by atoms with Crippen LogP contribution in [0.3, 0.4) is 0 Å². The fourth-order valence-corrected chi connectivity index (χ4v) is 5.27. The molecule has 3 rings (SSSR count). The Labute approximate surface area is 174 Å². The van der Waals surface area contributed by atoms with E-state index in [2.05, 4.69) is 50.4 Å². The Morgan fingerprint density at radius 1 is 1.14 bits per heavy atom. The third-order valence-electron chi connectivity index (χ3n) is 6.53. The minimum absolute atomic E-state index is 0. The molecule has 3 heteroatoms. The average Bonchev–Trinajstić information content (AvgIpc) is 2.83. The Kier molecular flexibility index (Phi) is 8.91. The lowest BCUT2D eigenvalue weighted by Gasteiger charge is -2.47. The van der Waals surface area contributed by atoms with E-state index in [0.717, 1.165) is 19.3 Å². The van der Waals surface area contributed by atoms with Crippen molar-refractivity contribution in [2.24, 2.45) is 11.8 Å². The molecule has 1 aliphatic heterocycles. The SMILES string of the molecule is CC.CC(C)=O.CCC[C@@]12Nc3ccccc3[C@]1(C)C[C@@H](C(C)=O)CCC2C.[HH]. The van der Waals surface area contributed by atoms with Gasteiger partial charge in [-0.2, -0.15) is 0 Å². The van der Waals surface area contributed by atoms with Gasteiger partial charge in [-0.05, 0) is 64.0 Å². The first-order valence-electron chi connectivity index (χ1n) is 11.0. The van der Waals surface area contributed by atoms with Crippen molar-refractivity contribution in [3.8, 4) is 0 Å². The number of rotatable bonds is 3. The first kappa shape index (κ1) is 24.4. The molecule has 1 unspecified atom stereocenters. The molecule has 0 aromatic heterocycles. The van der Waals surface area contributed by atoms with Gasteiger partial charge in [0.2, 0.25) is 0 Å². The molecular formula is C25H43NO2. The predicted octanol–water partition coefficient (Wildman–Crippen LogP) is 6.80. The van der Waals surface area contributed by atoms with Crippen LogP contribution in [-0.4, -0.2) is 17.1 Å². The lowest BCUT2D eigenvalue weighted by atomic mass is 9.60. The Bertz CT molecular complexity index is 671. The van der Waals surface area contributed by atoms with Crippen LogP contribution in [0.5, 0.6) is 0 Å². The monoisotopic (exact) mass is 389 g/mol. The van der Waals surface area contributed by atoms with Crippen molar-refractivity contribution in [2.75, 3.05) is 5.32 Å². The van der Waals surface area contributed by atoms with Crippen LogP contribution in [0.15, 0.2) is 24.3 Å². The molecule has 1 aromatic carbocycles. The van der Waals surface area contributed by atoms with Crippen molar-refractivity contribution in [3.63, 3.8) is 0 Å². The van der Waals surface area contributed by atoms with Crippen LogP contribution < -0.4 is 5.32 Å². The summed E-state index contributed by atoms with van der Waals surface area (Å²) in [7, 11) is 0. The second kappa shape index (κ2) is 10.2. The maximum atomic E-state index is 12.1. The normalized spacial score (nSPS) is 30.1. The summed E-state index contributed by atoms with van der Waals surface area (Å²) in [4.78, 5) is 21.6. The minimum atomic E-state index is 0. The molecule has 28 heavy (non-hydrogen) atoms. The molecule has 1 aromatic rings. The second-order valence-corrected chi connectivity index (χ2v) is 8.62. The summed E-state index contributed by atoms with van der Waals surface area (Å²) in [6, 6.07) is 8.75. The molecule has 0 bridgehead atoms. The number of ketones is 2. The fraction of sp³-hybridized carbons (Fsp3) is 0.680. The number of hydrogen-bond donors (Lipinski definition) is 1. The topological polar surface area (TPSA) is 46.2 Å². The number of para-hydroxylation sites is 1. The van der Waals surface area contributed by atoms with Gasteiger partial charge in [0.05, 0.1) is 0 Å². The molecule has 0 spiro atoms. The highest BCUT2D eigenvalue weighted by Crippen LogP contribution is 2.58. The van der Waals surface area contributed by atoms with E-state index in [4.69, 9.17) is 0 Å². The van der Waals surface area contributed by atoms with Crippen molar-refractivity contribution >= 4 is 17.3 Å². The molecule has 1 fully saturated rings. The van der Waals surface area contributed by atoms with E-state index >= 15 is 0 Å². The van der Waals surface area contributed by atoms with Gasteiger partial charge in [0.1, 0.15) is 11.6 Å². The summed E-state index contributed by atoms with van der Waals surface area (Å²) in [6.07, 6.45) is 5.51. The van der Waals surface area contributed by atoms with Gasteiger partial charge in [-0.3, -0.25) is 4.79 Å². The fourth-order valence-electron chi connectivity index (χ4n) is 5.27. The molecule has 1 aliphatic carbocycles. The number of carbonyl (C=O) groups is 2. The highest BCUT2D eigenvalue weighted by Gasteiger charge is 2.58. The van der Waals surface area contributed by atoms with Gasteiger partial charge in [-0.15, -0.1) is 0 Å². The van der Waals surface area contributed by atoms with Gasteiger partial charge in [0.25, 0.3) is 0 Å². The zero-order valence-electron chi connectivity index (χ0n) is 19.3. The van der Waals surface area contributed by atoms with Crippen LogP contribution in [-0.2, 0) is 15.0 Å². The van der Waals surface area contributed by atoms with Crippen molar-refractivity contribution < 1.29 is 11.0 Å². The van der Waals surface area contributed by atoms with Gasteiger partial charge in [-0.1, -0.05) is 59.2 Å². The van der Waals surface area contributed by atoms with Crippen molar-refractivity contribution in [3.05, 3.63) is 29.8 Å². The van der Waals surface area contributed by atoms with E-state index in [0.29, 0.717) is 11.7 Å². The molecule has 1 N–H and O–H groups in total.